The number of anilines is 1. The zero-order valence-electron chi connectivity index (χ0n) is 13.1. The number of nitrogens with zero attached hydrogens (tertiary/aromatic N) is 2. The zero-order chi connectivity index (χ0) is 14.5. The Kier molecular flexibility index (Phi) is 5.81. The van der Waals surface area contributed by atoms with E-state index >= 15 is 0 Å². The van der Waals surface area contributed by atoms with E-state index in [9.17, 15) is 0 Å². The molecule has 2 heterocycles. The summed E-state index contributed by atoms with van der Waals surface area (Å²) >= 11 is 1.82. The summed E-state index contributed by atoms with van der Waals surface area (Å²) in [6.07, 6.45) is 2.47. The van der Waals surface area contributed by atoms with Crippen LogP contribution >= 0.6 is 11.3 Å². The van der Waals surface area contributed by atoms with Crippen LogP contribution in [0.5, 0.6) is 0 Å². The fraction of sp³-hybridized carbons (Fsp3) is 0.800. The molecule has 20 heavy (non-hydrogen) atoms. The Morgan fingerprint density at radius 3 is 2.90 bits per heavy atom. The Bertz CT molecular complexity index is 413. The number of hydrogen-bond acceptors (Lipinski definition) is 5. The minimum Gasteiger partial charge on any atom is -0.381 e. The Labute approximate surface area is 126 Å². The molecule has 4 nitrogen and oxygen atoms in total. The van der Waals surface area contributed by atoms with Crippen molar-refractivity contribution in [1.82, 2.24) is 10.3 Å². The summed E-state index contributed by atoms with van der Waals surface area (Å²) in [6, 6.07) is 0. The average Bonchev–Trinajstić information content (AvgIpc) is 2.85. The number of rotatable bonds is 6. The molecule has 1 aromatic rings. The molecule has 1 aliphatic heterocycles. The van der Waals surface area contributed by atoms with Crippen molar-refractivity contribution in [2.75, 3.05) is 38.8 Å². The standard InChI is InChI=1S/C15H27N3OS/c1-11(2)14-13(8-16-3)20-15(17-14)18(4)9-12-6-5-7-19-10-12/h11-12,16H,5-10H2,1-4H3. The van der Waals surface area contributed by atoms with Crippen molar-refractivity contribution in [3.63, 3.8) is 0 Å². The first-order valence-corrected chi connectivity index (χ1v) is 8.36. The van der Waals surface area contributed by atoms with E-state index in [1.165, 1.54) is 23.4 Å². The number of ether oxygens (including phenoxy) is 1. The summed E-state index contributed by atoms with van der Waals surface area (Å²) in [6.45, 7) is 8.22. The van der Waals surface area contributed by atoms with E-state index in [0.717, 1.165) is 31.4 Å². The molecule has 0 aromatic carbocycles. The molecular weight excluding hydrogens is 270 g/mol. The summed E-state index contributed by atoms with van der Waals surface area (Å²) in [5.41, 5.74) is 1.24. The minimum atomic E-state index is 0.481. The second-order valence-corrected chi connectivity index (χ2v) is 7.02. The van der Waals surface area contributed by atoms with Crippen LogP contribution in [-0.2, 0) is 11.3 Å². The lowest BCUT2D eigenvalue weighted by atomic mass is 10.0. The van der Waals surface area contributed by atoms with E-state index in [0.29, 0.717) is 11.8 Å². The molecule has 1 aliphatic rings. The first-order chi connectivity index (χ1) is 9.61. The first kappa shape index (κ1) is 15.7. The molecule has 5 heteroatoms. The maximum absolute atomic E-state index is 5.57. The van der Waals surface area contributed by atoms with Gasteiger partial charge in [-0.05, 0) is 31.7 Å². The molecule has 0 radical (unpaired) electrons. The van der Waals surface area contributed by atoms with Crippen LogP contribution in [0.1, 0.15) is 43.2 Å². The molecule has 1 saturated heterocycles. The molecule has 1 unspecified atom stereocenters. The van der Waals surface area contributed by atoms with Crippen LogP contribution in [0.15, 0.2) is 0 Å². The topological polar surface area (TPSA) is 37.4 Å². The highest BCUT2D eigenvalue weighted by Gasteiger charge is 2.20. The number of aromatic nitrogens is 1. The van der Waals surface area contributed by atoms with Gasteiger partial charge in [0.15, 0.2) is 5.13 Å². The molecule has 0 spiro atoms. The first-order valence-electron chi connectivity index (χ1n) is 7.55. The maximum atomic E-state index is 5.57. The SMILES string of the molecule is CNCc1sc(N(C)CC2CCCOC2)nc1C(C)C. The Hall–Kier alpha value is -0.650. The van der Waals surface area contributed by atoms with E-state index in [1.54, 1.807) is 0 Å². The summed E-state index contributed by atoms with van der Waals surface area (Å²) in [7, 11) is 4.15. The molecular formula is C15H27N3OS. The summed E-state index contributed by atoms with van der Waals surface area (Å²) in [5.74, 6) is 1.13. The van der Waals surface area contributed by atoms with Gasteiger partial charge in [0.1, 0.15) is 0 Å². The third-order valence-electron chi connectivity index (χ3n) is 3.71. The van der Waals surface area contributed by atoms with E-state index in [2.05, 4.69) is 31.1 Å². The zero-order valence-corrected chi connectivity index (χ0v) is 13.9. The van der Waals surface area contributed by atoms with Gasteiger partial charge in [-0.25, -0.2) is 4.98 Å². The van der Waals surface area contributed by atoms with Crippen LogP contribution in [0, 0.1) is 5.92 Å². The summed E-state index contributed by atoms with van der Waals surface area (Å²) in [5, 5.41) is 4.39. The van der Waals surface area contributed by atoms with Crippen molar-refractivity contribution in [1.29, 1.82) is 0 Å². The quantitative estimate of drug-likeness (QED) is 0.876. The predicted molar refractivity (Wildman–Crippen MR) is 85.8 cm³/mol. The van der Waals surface area contributed by atoms with Gasteiger partial charge >= 0.3 is 0 Å². The molecule has 0 saturated carbocycles. The van der Waals surface area contributed by atoms with Gasteiger partial charge in [0.05, 0.1) is 12.3 Å². The third-order valence-corrected chi connectivity index (χ3v) is 4.90. The van der Waals surface area contributed by atoms with Crippen LogP contribution in [-0.4, -0.2) is 38.8 Å². The molecule has 0 aliphatic carbocycles. The molecule has 1 aromatic heterocycles. The van der Waals surface area contributed by atoms with E-state index in [1.807, 2.05) is 18.4 Å². The number of nitrogens with one attached hydrogen (secondary N) is 1. The van der Waals surface area contributed by atoms with Gasteiger partial charge in [0, 0.05) is 31.6 Å². The second-order valence-electron chi connectivity index (χ2n) is 5.95. The Morgan fingerprint density at radius 2 is 2.30 bits per heavy atom. The van der Waals surface area contributed by atoms with Gasteiger partial charge in [-0.15, -0.1) is 11.3 Å². The van der Waals surface area contributed by atoms with E-state index in [4.69, 9.17) is 9.72 Å². The Balaban J connectivity index is 2.04. The van der Waals surface area contributed by atoms with Gasteiger partial charge in [-0.1, -0.05) is 13.8 Å². The lowest BCUT2D eigenvalue weighted by Crippen LogP contribution is -2.30. The van der Waals surface area contributed by atoms with Crippen molar-refractivity contribution in [2.24, 2.45) is 5.92 Å². The van der Waals surface area contributed by atoms with Crippen LogP contribution in [0.3, 0.4) is 0 Å². The lowest BCUT2D eigenvalue weighted by Gasteiger charge is -2.26. The number of hydrogen-bond donors (Lipinski definition) is 1. The highest BCUT2D eigenvalue weighted by molar-refractivity contribution is 7.15. The van der Waals surface area contributed by atoms with E-state index in [-0.39, 0.29) is 0 Å². The Morgan fingerprint density at radius 1 is 1.50 bits per heavy atom. The van der Waals surface area contributed by atoms with Crippen molar-refractivity contribution in [2.45, 2.75) is 39.2 Å². The molecule has 1 atom stereocenters. The summed E-state index contributed by atoms with van der Waals surface area (Å²) in [4.78, 5) is 8.52. The van der Waals surface area contributed by atoms with Crippen LogP contribution < -0.4 is 10.2 Å². The largest absolute Gasteiger partial charge is 0.381 e. The van der Waals surface area contributed by atoms with Crippen molar-refractivity contribution >= 4 is 16.5 Å². The van der Waals surface area contributed by atoms with E-state index < -0.39 is 0 Å². The van der Waals surface area contributed by atoms with Gasteiger partial charge < -0.3 is 15.0 Å². The summed E-state index contributed by atoms with van der Waals surface area (Å²) < 4.78 is 5.57. The predicted octanol–water partition coefficient (Wildman–Crippen LogP) is 2.85. The fourth-order valence-electron chi connectivity index (χ4n) is 2.67. The monoisotopic (exact) mass is 297 g/mol. The molecule has 1 N–H and O–H groups in total. The average molecular weight is 297 g/mol. The normalized spacial score (nSPS) is 19.6. The molecule has 2 rings (SSSR count). The van der Waals surface area contributed by atoms with Crippen LogP contribution in [0.4, 0.5) is 5.13 Å². The lowest BCUT2D eigenvalue weighted by molar-refractivity contribution is 0.0576. The molecule has 114 valence electrons. The molecule has 1 fully saturated rings. The highest BCUT2D eigenvalue weighted by Crippen LogP contribution is 2.31. The third kappa shape index (κ3) is 3.93. The second kappa shape index (κ2) is 7.38. The fourth-order valence-corrected chi connectivity index (χ4v) is 3.87. The van der Waals surface area contributed by atoms with Gasteiger partial charge in [-0.3, -0.25) is 0 Å². The van der Waals surface area contributed by atoms with Gasteiger partial charge in [0.25, 0.3) is 0 Å². The van der Waals surface area contributed by atoms with Crippen molar-refractivity contribution in [3.8, 4) is 0 Å². The van der Waals surface area contributed by atoms with Crippen molar-refractivity contribution < 1.29 is 4.74 Å². The molecule has 0 bridgehead atoms. The van der Waals surface area contributed by atoms with Gasteiger partial charge in [0.2, 0.25) is 0 Å². The number of thiazole rings is 1. The smallest absolute Gasteiger partial charge is 0.185 e. The van der Waals surface area contributed by atoms with Crippen LogP contribution in [0.2, 0.25) is 0 Å². The minimum absolute atomic E-state index is 0.481. The highest BCUT2D eigenvalue weighted by atomic mass is 32.1. The maximum Gasteiger partial charge on any atom is 0.185 e. The molecule has 0 amide bonds. The van der Waals surface area contributed by atoms with Crippen LogP contribution in [0.25, 0.3) is 0 Å². The van der Waals surface area contributed by atoms with Crippen molar-refractivity contribution in [3.05, 3.63) is 10.6 Å². The van der Waals surface area contributed by atoms with Gasteiger partial charge in [-0.2, -0.15) is 0 Å².